The molecule has 0 saturated carbocycles. The monoisotopic (exact) mass is 401 g/mol. The van der Waals surface area contributed by atoms with Crippen LogP contribution in [0.3, 0.4) is 0 Å². The fourth-order valence-electron chi connectivity index (χ4n) is 4.07. The van der Waals surface area contributed by atoms with E-state index in [1.165, 1.54) is 0 Å². The highest BCUT2D eigenvalue weighted by Crippen LogP contribution is 2.32. The Morgan fingerprint density at radius 2 is 2.03 bits per heavy atom. The Bertz CT molecular complexity index is 974. The van der Waals surface area contributed by atoms with Crippen LogP contribution in [-0.4, -0.2) is 33.4 Å². The average molecular weight is 402 g/mol. The zero-order valence-electron chi connectivity index (χ0n) is 17.5. The van der Waals surface area contributed by atoms with Crippen molar-refractivity contribution in [1.29, 1.82) is 5.26 Å². The number of unbranched alkanes of at least 4 members (excludes halogenated alkanes) is 1. The lowest BCUT2D eigenvalue weighted by molar-refractivity contribution is -0.135. The third kappa shape index (κ3) is 4.07. The highest BCUT2D eigenvalue weighted by atomic mass is 16.2. The summed E-state index contributed by atoms with van der Waals surface area (Å²) in [5, 5.41) is 11.1. The van der Waals surface area contributed by atoms with E-state index in [9.17, 15) is 4.79 Å². The lowest BCUT2D eigenvalue weighted by Gasteiger charge is -2.41. The second-order valence-corrected chi connectivity index (χ2v) is 8.08. The minimum atomic E-state index is -0.0939. The van der Waals surface area contributed by atoms with Gasteiger partial charge in [0.25, 0.3) is 5.91 Å². The van der Waals surface area contributed by atoms with Crippen molar-refractivity contribution in [3.05, 3.63) is 76.8 Å². The molecule has 0 bridgehead atoms. The minimum absolute atomic E-state index is 0.0363. The van der Waals surface area contributed by atoms with Gasteiger partial charge in [-0.25, -0.2) is 5.43 Å². The van der Waals surface area contributed by atoms with Gasteiger partial charge in [0.2, 0.25) is 0 Å². The summed E-state index contributed by atoms with van der Waals surface area (Å²) in [6, 6.07) is 13.8. The average Bonchev–Trinajstić information content (AvgIpc) is 3.22. The number of benzene rings is 1. The number of carbonyl (C=O) groups is 1. The number of piperazine rings is 1. The molecule has 1 amide bonds. The van der Waals surface area contributed by atoms with Gasteiger partial charge < -0.3 is 4.90 Å². The van der Waals surface area contributed by atoms with Crippen LogP contribution in [0.4, 0.5) is 0 Å². The minimum Gasteiger partial charge on any atom is -0.331 e. The molecule has 4 rings (SSSR count). The molecule has 0 spiro atoms. The number of pyridine rings is 1. The van der Waals surface area contributed by atoms with Crippen LogP contribution >= 0.6 is 0 Å². The number of hydrogen-bond donors (Lipinski definition) is 1. The van der Waals surface area contributed by atoms with Crippen molar-refractivity contribution in [2.75, 3.05) is 6.54 Å². The van der Waals surface area contributed by atoms with Crippen LogP contribution in [0.1, 0.15) is 54.6 Å². The Morgan fingerprint density at radius 1 is 1.23 bits per heavy atom. The SMILES string of the molecule is CCCCC1CN(Cc2ccc(C#N)cc2)C(=O)C2=CC(c3ccc(C)cn3)NN21. The van der Waals surface area contributed by atoms with E-state index in [4.69, 9.17) is 5.26 Å². The molecule has 1 N–H and O–H groups in total. The third-order valence-electron chi connectivity index (χ3n) is 5.77. The number of nitriles is 1. The van der Waals surface area contributed by atoms with Gasteiger partial charge >= 0.3 is 0 Å². The zero-order valence-corrected chi connectivity index (χ0v) is 17.5. The van der Waals surface area contributed by atoms with E-state index in [1.807, 2.05) is 48.4 Å². The molecule has 0 aliphatic carbocycles. The molecule has 1 saturated heterocycles. The number of hydrazine groups is 1. The molecule has 154 valence electrons. The van der Waals surface area contributed by atoms with Crippen LogP contribution in [0.2, 0.25) is 0 Å². The van der Waals surface area contributed by atoms with Crippen LogP contribution in [0.25, 0.3) is 0 Å². The number of aromatic nitrogens is 1. The Kier molecular flexibility index (Phi) is 5.82. The molecule has 1 aromatic heterocycles. The van der Waals surface area contributed by atoms with Crippen LogP contribution < -0.4 is 5.43 Å². The van der Waals surface area contributed by atoms with E-state index in [2.05, 4.69) is 28.4 Å². The van der Waals surface area contributed by atoms with Crippen LogP contribution in [-0.2, 0) is 11.3 Å². The first kappa shape index (κ1) is 20.1. The van der Waals surface area contributed by atoms with E-state index in [0.29, 0.717) is 24.4 Å². The van der Waals surface area contributed by atoms with Crippen LogP contribution in [0.5, 0.6) is 0 Å². The van der Waals surface area contributed by atoms with Crippen molar-refractivity contribution in [2.24, 2.45) is 0 Å². The predicted octanol–water partition coefficient (Wildman–Crippen LogP) is 3.61. The molecule has 0 radical (unpaired) electrons. The molecule has 30 heavy (non-hydrogen) atoms. The molecule has 1 aromatic carbocycles. The quantitative estimate of drug-likeness (QED) is 0.801. The van der Waals surface area contributed by atoms with E-state index in [1.54, 1.807) is 12.1 Å². The number of amides is 1. The van der Waals surface area contributed by atoms with Crippen molar-refractivity contribution in [1.82, 2.24) is 20.3 Å². The van der Waals surface area contributed by atoms with Crippen LogP contribution in [0.15, 0.2) is 54.4 Å². The summed E-state index contributed by atoms with van der Waals surface area (Å²) < 4.78 is 0. The molecule has 2 aliphatic heterocycles. The molecule has 1 fully saturated rings. The highest BCUT2D eigenvalue weighted by molar-refractivity contribution is 5.94. The Labute approximate surface area is 177 Å². The van der Waals surface area contributed by atoms with Gasteiger partial charge in [0, 0.05) is 19.3 Å². The first-order chi connectivity index (χ1) is 14.6. The van der Waals surface area contributed by atoms with E-state index in [-0.39, 0.29) is 18.0 Å². The first-order valence-electron chi connectivity index (χ1n) is 10.6. The predicted molar refractivity (Wildman–Crippen MR) is 115 cm³/mol. The first-order valence-corrected chi connectivity index (χ1v) is 10.6. The molecule has 2 aromatic rings. The second kappa shape index (κ2) is 8.68. The molecule has 2 unspecified atom stereocenters. The van der Waals surface area contributed by atoms with Crippen molar-refractivity contribution in [3.8, 4) is 6.07 Å². The standard InChI is InChI=1S/C24H27N5O/c1-3-4-5-20-16-28(15-19-9-7-18(13-25)8-10-19)24(30)23-12-22(27-29(20)23)21-11-6-17(2)14-26-21/h6-12,14,20,22,27H,3-5,15-16H2,1-2H3. The fraction of sp³-hybridized carbons (Fsp3) is 0.375. The summed E-state index contributed by atoms with van der Waals surface area (Å²) in [4.78, 5) is 19.8. The van der Waals surface area contributed by atoms with Gasteiger partial charge in [0.05, 0.1) is 29.4 Å². The molecule has 2 atom stereocenters. The number of aryl methyl sites for hydroxylation is 1. The fourth-order valence-corrected chi connectivity index (χ4v) is 4.07. The van der Waals surface area contributed by atoms with Gasteiger partial charge in [-0.2, -0.15) is 5.26 Å². The lowest BCUT2D eigenvalue weighted by atomic mass is 10.0. The number of hydrogen-bond acceptors (Lipinski definition) is 5. The van der Waals surface area contributed by atoms with Gasteiger partial charge in [0.1, 0.15) is 5.70 Å². The van der Waals surface area contributed by atoms with Crippen molar-refractivity contribution >= 4 is 5.91 Å². The Hall–Kier alpha value is -3.17. The summed E-state index contributed by atoms with van der Waals surface area (Å²) in [6.45, 7) is 5.44. The topological polar surface area (TPSA) is 72.3 Å². The number of nitrogens with zero attached hydrogens (tertiary/aromatic N) is 4. The van der Waals surface area contributed by atoms with Crippen molar-refractivity contribution < 1.29 is 4.79 Å². The molecule has 6 nitrogen and oxygen atoms in total. The number of fused-ring (bicyclic) bond motifs is 1. The largest absolute Gasteiger partial charge is 0.331 e. The maximum absolute atomic E-state index is 13.3. The highest BCUT2D eigenvalue weighted by Gasteiger charge is 2.40. The molecule has 3 heterocycles. The van der Waals surface area contributed by atoms with E-state index >= 15 is 0 Å². The third-order valence-corrected chi connectivity index (χ3v) is 5.77. The van der Waals surface area contributed by atoms with Gasteiger partial charge in [-0.3, -0.25) is 14.8 Å². The molecule has 6 heteroatoms. The Morgan fingerprint density at radius 3 is 2.70 bits per heavy atom. The molecular formula is C24H27N5O. The lowest BCUT2D eigenvalue weighted by Crippen LogP contribution is -2.56. The number of carbonyl (C=O) groups excluding carboxylic acids is 1. The summed E-state index contributed by atoms with van der Waals surface area (Å²) in [6.07, 6.45) is 7.12. The zero-order chi connectivity index (χ0) is 21.1. The van der Waals surface area contributed by atoms with Crippen molar-refractivity contribution in [3.63, 3.8) is 0 Å². The normalized spacial score (nSPS) is 20.7. The summed E-state index contributed by atoms with van der Waals surface area (Å²) >= 11 is 0. The maximum atomic E-state index is 13.3. The smallest absolute Gasteiger partial charge is 0.271 e. The summed E-state index contributed by atoms with van der Waals surface area (Å²) in [5.74, 6) is 0.0363. The Balaban J connectivity index is 1.58. The van der Waals surface area contributed by atoms with E-state index < -0.39 is 0 Å². The van der Waals surface area contributed by atoms with Gasteiger partial charge in [-0.05, 0) is 48.7 Å². The maximum Gasteiger partial charge on any atom is 0.271 e. The summed E-state index contributed by atoms with van der Waals surface area (Å²) in [5.41, 5.74) is 7.93. The van der Waals surface area contributed by atoms with E-state index in [0.717, 1.165) is 36.1 Å². The number of nitrogens with one attached hydrogen (secondary N) is 1. The second-order valence-electron chi connectivity index (χ2n) is 8.08. The van der Waals surface area contributed by atoms with Gasteiger partial charge in [0.15, 0.2) is 0 Å². The van der Waals surface area contributed by atoms with Crippen molar-refractivity contribution in [2.45, 2.75) is 51.7 Å². The molecular weight excluding hydrogens is 374 g/mol. The van der Waals surface area contributed by atoms with Gasteiger partial charge in [-0.15, -0.1) is 0 Å². The van der Waals surface area contributed by atoms with Gasteiger partial charge in [-0.1, -0.05) is 38.0 Å². The summed E-state index contributed by atoms with van der Waals surface area (Å²) in [7, 11) is 0. The molecule has 2 aliphatic rings. The number of rotatable bonds is 6. The van der Waals surface area contributed by atoms with Crippen LogP contribution in [0, 0.1) is 18.3 Å².